The normalized spacial score (nSPS) is 15.0. The molecule has 0 bridgehead atoms. The number of benzene rings is 2. The third-order valence-corrected chi connectivity index (χ3v) is 6.79. The Hall–Kier alpha value is -4.11. The standard InChI is InChI=1S/C28H28N2O6S/c1-6-14-36-21-11-9-8-10-18(21)15-23-26(31)30-25(20-16-19(33-4)12-13-22(20)34-5)24(27(32)35-7-2)17(3)29-28(30)37-23/h6,8-13,15-16,25H,1,7,14H2,2-5H3/b23-15-/t25-/m1/s1. The minimum Gasteiger partial charge on any atom is -0.497 e. The largest absolute Gasteiger partial charge is 0.497 e. The summed E-state index contributed by atoms with van der Waals surface area (Å²) >= 11 is 1.24. The van der Waals surface area contributed by atoms with Gasteiger partial charge in [0.05, 0.1) is 36.6 Å². The zero-order valence-corrected chi connectivity index (χ0v) is 22.0. The Labute approximate surface area is 218 Å². The molecule has 0 amide bonds. The monoisotopic (exact) mass is 520 g/mol. The lowest BCUT2D eigenvalue weighted by molar-refractivity contribution is -0.139. The van der Waals surface area contributed by atoms with Crippen molar-refractivity contribution in [2.75, 3.05) is 27.4 Å². The number of hydrogen-bond acceptors (Lipinski definition) is 8. The molecule has 0 N–H and O–H groups in total. The molecule has 192 valence electrons. The predicted octanol–water partition coefficient (Wildman–Crippen LogP) is 3.38. The molecule has 8 nitrogen and oxygen atoms in total. The lowest BCUT2D eigenvalue weighted by Gasteiger charge is -2.26. The van der Waals surface area contributed by atoms with Crippen molar-refractivity contribution in [2.24, 2.45) is 4.99 Å². The Balaban J connectivity index is 1.99. The van der Waals surface area contributed by atoms with Crippen LogP contribution in [0.15, 0.2) is 76.2 Å². The summed E-state index contributed by atoms with van der Waals surface area (Å²) < 4.78 is 24.2. The highest BCUT2D eigenvalue weighted by atomic mass is 32.1. The maximum atomic E-state index is 13.9. The minimum atomic E-state index is -0.824. The van der Waals surface area contributed by atoms with E-state index in [0.29, 0.717) is 44.4 Å². The molecule has 2 heterocycles. The fraction of sp³-hybridized carbons (Fsp3) is 0.250. The molecule has 0 saturated carbocycles. The molecule has 0 aliphatic carbocycles. The van der Waals surface area contributed by atoms with E-state index in [1.807, 2.05) is 24.3 Å². The van der Waals surface area contributed by atoms with Crippen LogP contribution in [-0.4, -0.2) is 38.0 Å². The molecule has 9 heteroatoms. The summed E-state index contributed by atoms with van der Waals surface area (Å²) in [6.07, 6.45) is 3.43. The molecule has 0 unspecified atom stereocenters. The fourth-order valence-electron chi connectivity index (χ4n) is 4.16. The Morgan fingerprint density at radius 3 is 2.65 bits per heavy atom. The quantitative estimate of drug-likeness (QED) is 0.318. The zero-order valence-electron chi connectivity index (χ0n) is 21.1. The summed E-state index contributed by atoms with van der Waals surface area (Å²) in [4.78, 5) is 32.1. The first-order chi connectivity index (χ1) is 17.9. The van der Waals surface area contributed by atoms with Crippen LogP contribution in [0.5, 0.6) is 17.2 Å². The molecule has 0 saturated heterocycles. The first-order valence-corrected chi connectivity index (χ1v) is 12.5. The molecular weight excluding hydrogens is 492 g/mol. The van der Waals surface area contributed by atoms with Gasteiger partial charge in [0.2, 0.25) is 0 Å². The van der Waals surface area contributed by atoms with Gasteiger partial charge in [0.15, 0.2) is 4.80 Å². The molecule has 0 radical (unpaired) electrons. The third kappa shape index (κ3) is 5.08. The lowest BCUT2D eigenvalue weighted by Crippen LogP contribution is -2.40. The molecule has 3 aromatic rings. The van der Waals surface area contributed by atoms with E-state index in [0.717, 1.165) is 5.56 Å². The smallest absolute Gasteiger partial charge is 0.338 e. The van der Waals surface area contributed by atoms with Crippen LogP contribution in [0.1, 0.15) is 31.0 Å². The van der Waals surface area contributed by atoms with Crippen molar-refractivity contribution in [3.8, 4) is 17.2 Å². The number of nitrogens with zero attached hydrogens (tertiary/aromatic N) is 2. The topological polar surface area (TPSA) is 88.3 Å². The zero-order chi connectivity index (χ0) is 26.5. The van der Waals surface area contributed by atoms with Gasteiger partial charge in [-0.2, -0.15) is 0 Å². The van der Waals surface area contributed by atoms with Crippen LogP contribution in [0.25, 0.3) is 6.08 Å². The summed E-state index contributed by atoms with van der Waals surface area (Å²) in [7, 11) is 3.09. The third-order valence-electron chi connectivity index (χ3n) is 5.81. The van der Waals surface area contributed by atoms with E-state index in [-0.39, 0.29) is 17.7 Å². The van der Waals surface area contributed by atoms with E-state index >= 15 is 0 Å². The molecule has 1 aromatic heterocycles. The van der Waals surface area contributed by atoms with Crippen LogP contribution in [0, 0.1) is 0 Å². The maximum Gasteiger partial charge on any atom is 0.338 e. The second kappa shape index (κ2) is 11.3. The number of hydrogen-bond donors (Lipinski definition) is 0. The second-order valence-corrected chi connectivity index (χ2v) is 9.06. The average molecular weight is 521 g/mol. The number of allylic oxidation sites excluding steroid dienone is 1. The van der Waals surface area contributed by atoms with Crippen molar-refractivity contribution < 1.29 is 23.7 Å². The first kappa shape index (κ1) is 26.0. The fourth-order valence-corrected chi connectivity index (χ4v) is 5.20. The molecule has 2 aromatic carbocycles. The first-order valence-electron chi connectivity index (χ1n) is 11.7. The van der Waals surface area contributed by atoms with Crippen molar-refractivity contribution in [1.29, 1.82) is 0 Å². The molecular formula is C28H28N2O6S. The molecule has 1 atom stereocenters. The number of fused-ring (bicyclic) bond motifs is 1. The van der Waals surface area contributed by atoms with Gasteiger partial charge in [-0.25, -0.2) is 9.79 Å². The van der Waals surface area contributed by atoms with Gasteiger partial charge in [-0.05, 0) is 44.2 Å². The van der Waals surface area contributed by atoms with Crippen LogP contribution in [0.2, 0.25) is 0 Å². The number of para-hydroxylation sites is 1. The Morgan fingerprint density at radius 2 is 1.95 bits per heavy atom. The van der Waals surface area contributed by atoms with Crippen LogP contribution >= 0.6 is 11.3 Å². The highest BCUT2D eigenvalue weighted by molar-refractivity contribution is 7.07. The molecule has 37 heavy (non-hydrogen) atoms. The number of rotatable bonds is 9. The van der Waals surface area contributed by atoms with Gasteiger partial charge in [-0.3, -0.25) is 9.36 Å². The van der Waals surface area contributed by atoms with Gasteiger partial charge in [-0.15, -0.1) is 0 Å². The van der Waals surface area contributed by atoms with Gasteiger partial charge in [0.1, 0.15) is 29.9 Å². The van der Waals surface area contributed by atoms with E-state index < -0.39 is 12.0 Å². The van der Waals surface area contributed by atoms with Crippen LogP contribution in [0.3, 0.4) is 0 Å². The maximum absolute atomic E-state index is 13.9. The highest BCUT2D eigenvalue weighted by Gasteiger charge is 2.35. The summed E-state index contributed by atoms with van der Waals surface area (Å²) in [5.41, 5.74) is 1.76. The summed E-state index contributed by atoms with van der Waals surface area (Å²) in [6, 6.07) is 11.9. The summed E-state index contributed by atoms with van der Waals surface area (Å²) in [5, 5.41) is 0. The highest BCUT2D eigenvalue weighted by Crippen LogP contribution is 2.37. The Morgan fingerprint density at radius 1 is 1.16 bits per heavy atom. The number of aromatic nitrogens is 1. The average Bonchev–Trinajstić information content (AvgIpc) is 3.21. The van der Waals surface area contributed by atoms with E-state index in [2.05, 4.69) is 11.6 Å². The SMILES string of the molecule is C=CCOc1ccccc1/C=c1\sc2n(c1=O)[C@H](c1cc(OC)ccc1OC)C(C(=O)OCC)=C(C)N=2. The Bertz CT molecular complexity index is 1550. The molecule has 0 spiro atoms. The van der Waals surface area contributed by atoms with Crippen LogP contribution in [0.4, 0.5) is 0 Å². The second-order valence-electron chi connectivity index (χ2n) is 8.05. The van der Waals surface area contributed by atoms with E-state index in [1.165, 1.54) is 23.0 Å². The van der Waals surface area contributed by atoms with Crippen molar-refractivity contribution in [3.63, 3.8) is 0 Å². The number of esters is 1. The minimum absolute atomic E-state index is 0.184. The predicted molar refractivity (Wildman–Crippen MR) is 142 cm³/mol. The molecule has 1 aliphatic rings. The molecule has 4 rings (SSSR count). The number of carbonyl (C=O) groups is 1. The van der Waals surface area contributed by atoms with Gasteiger partial charge < -0.3 is 18.9 Å². The molecule has 1 aliphatic heterocycles. The number of thiazole rings is 1. The number of carbonyl (C=O) groups excluding carboxylic acids is 1. The van der Waals surface area contributed by atoms with Crippen molar-refractivity contribution in [1.82, 2.24) is 4.57 Å². The van der Waals surface area contributed by atoms with Gasteiger partial charge in [0.25, 0.3) is 5.56 Å². The van der Waals surface area contributed by atoms with Crippen molar-refractivity contribution in [2.45, 2.75) is 19.9 Å². The van der Waals surface area contributed by atoms with Gasteiger partial charge in [0, 0.05) is 11.1 Å². The summed E-state index contributed by atoms with van der Waals surface area (Å²) in [6.45, 7) is 7.68. The van der Waals surface area contributed by atoms with E-state index in [4.69, 9.17) is 18.9 Å². The Kier molecular flexibility index (Phi) is 7.93. The lowest BCUT2D eigenvalue weighted by atomic mass is 9.94. The van der Waals surface area contributed by atoms with Crippen molar-refractivity contribution >= 4 is 23.4 Å². The molecule has 0 fully saturated rings. The summed E-state index contributed by atoms with van der Waals surface area (Å²) in [5.74, 6) is 1.14. The van der Waals surface area contributed by atoms with E-state index in [9.17, 15) is 9.59 Å². The van der Waals surface area contributed by atoms with E-state index in [1.54, 1.807) is 51.3 Å². The van der Waals surface area contributed by atoms with Crippen molar-refractivity contribution in [3.05, 3.63) is 97.2 Å². The van der Waals surface area contributed by atoms with Gasteiger partial charge in [-0.1, -0.05) is 42.2 Å². The van der Waals surface area contributed by atoms with Crippen LogP contribution in [-0.2, 0) is 9.53 Å². The number of ether oxygens (including phenoxy) is 4. The van der Waals surface area contributed by atoms with Gasteiger partial charge >= 0.3 is 5.97 Å². The number of methoxy groups -OCH3 is 2. The van der Waals surface area contributed by atoms with Crippen LogP contribution < -0.4 is 29.1 Å².